The van der Waals surface area contributed by atoms with Gasteiger partial charge >= 0.3 is 0 Å². The van der Waals surface area contributed by atoms with Crippen molar-refractivity contribution in [3.63, 3.8) is 0 Å². The molecule has 4 rings (SSSR count). The minimum absolute atomic E-state index is 0.0210. The molecule has 1 fully saturated rings. The number of aryl methyl sites for hydroxylation is 3. The number of piperidine rings is 1. The van der Waals surface area contributed by atoms with Crippen LogP contribution in [-0.2, 0) is 31.2 Å². The summed E-state index contributed by atoms with van der Waals surface area (Å²) < 4.78 is 1.86. The zero-order valence-electron chi connectivity index (χ0n) is 17.6. The van der Waals surface area contributed by atoms with Gasteiger partial charge in [0.2, 0.25) is 5.91 Å². The van der Waals surface area contributed by atoms with Gasteiger partial charge in [0, 0.05) is 48.7 Å². The molecule has 1 aliphatic heterocycles. The minimum atomic E-state index is -0.0210. The van der Waals surface area contributed by atoms with E-state index in [9.17, 15) is 9.59 Å². The molecule has 3 heterocycles. The van der Waals surface area contributed by atoms with Crippen LogP contribution in [0.5, 0.6) is 0 Å². The number of rotatable bonds is 4. The highest BCUT2D eigenvalue weighted by molar-refractivity contribution is 7.14. The summed E-state index contributed by atoms with van der Waals surface area (Å²) in [5.41, 5.74) is 4.35. The Morgan fingerprint density at radius 2 is 2.00 bits per heavy atom. The number of thiophene rings is 1. The largest absolute Gasteiger partial charge is 0.352 e. The fourth-order valence-corrected chi connectivity index (χ4v) is 5.68. The summed E-state index contributed by atoms with van der Waals surface area (Å²) in [6.07, 6.45) is 5.90. The lowest BCUT2D eigenvalue weighted by molar-refractivity contribution is -0.125. The van der Waals surface area contributed by atoms with Crippen molar-refractivity contribution in [3.05, 3.63) is 38.3 Å². The summed E-state index contributed by atoms with van der Waals surface area (Å²) in [6.45, 7) is 6.28. The lowest BCUT2D eigenvalue weighted by atomic mass is 9.87. The molecule has 2 aliphatic rings. The van der Waals surface area contributed by atoms with Crippen molar-refractivity contribution in [2.75, 3.05) is 13.1 Å². The Morgan fingerprint density at radius 3 is 2.69 bits per heavy atom. The van der Waals surface area contributed by atoms with Gasteiger partial charge < -0.3 is 10.2 Å². The molecule has 0 unspecified atom stereocenters. The number of hydrogen-bond acceptors (Lipinski definition) is 4. The van der Waals surface area contributed by atoms with E-state index in [0.717, 1.165) is 67.0 Å². The topological polar surface area (TPSA) is 67.2 Å². The Balaban J connectivity index is 1.38. The standard InChI is InChI=1S/C22H30N4O2S/c1-14-18(15(2)25(3)24-14)13-23-21(27)16-7-8-19-17(11-16)12-20(29-19)22(28)26-9-5-4-6-10-26/h12,16H,4-11,13H2,1-3H3,(H,23,27)/t16-/m1/s1. The van der Waals surface area contributed by atoms with E-state index in [1.807, 2.05) is 36.5 Å². The number of aromatic nitrogens is 2. The first-order valence-electron chi connectivity index (χ1n) is 10.6. The van der Waals surface area contributed by atoms with Crippen LogP contribution in [0.2, 0.25) is 0 Å². The molecule has 0 saturated carbocycles. The molecule has 0 radical (unpaired) electrons. The summed E-state index contributed by atoms with van der Waals surface area (Å²) in [7, 11) is 1.93. The van der Waals surface area contributed by atoms with Gasteiger partial charge in [-0.25, -0.2) is 0 Å². The monoisotopic (exact) mass is 414 g/mol. The second kappa shape index (κ2) is 8.30. The van der Waals surface area contributed by atoms with Crippen molar-refractivity contribution in [2.24, 2.45) is 13.0 Å². The van der Waals surface area contributed by atoms with Crippen molar-refractivity contribution in [2.45, 2.75) is 58.9 Å². The Hall–Kier alpha value is -2.15. The maximum absolute atomic E-state index is 12.8. The molecular weight excluding hydrogens is 384 g/mol. The van der Waals surface area contributed by atoms with E-state index < -0.39 is 0 Å². The van der Waals surface area contributed by atoms with Crippen LogP contribution >= 0.6 is 11.3 Å². The van der Waals surface area contributed by atoms with E-state index in [-0.39, 0.29) is 17.7 Å². The van der Waals surface area contributed by atoms with Crippen molar-refractivity contribution >= 4 is 23.2 Å². The van der Waals surface area contributed by atoms with E-state index in [2.05, 4.69) is 10.4 Å². The molecule has 2 aromatic rings. The zero-order valence-corrected chi connectivity index (χ0v) is 18.4. The first kappa shape index (κ1) is 20.1. The summed E-state index contributed by atoms with van der Waals surface area (Å²) in [4.78, 5) is 29.7. The molecule has 1 aliphatic carbocycles. The van der Waals surface area contributed by atoms with Crippen LogP contribution in [0.1, 0.15) is 62.7 Å². The van der Waals surface area contributed by atoms with E-state index in [0.29, 0.717) is 6.54 Å². The molecule has 29 heavy (non-hydrogen) atoms. The van der Waals surface area contributed by atoms with Crippen LogP contribution in [0.25, 0.3) is 0 Å². The Morgan fingerprint density at radius 1 is 1.24 bits per heavy atom. The third-order valence-corrected chi connectivity index (χ3v) is 7.63. The maximum atomic E-state index is 12.8. The Labute approximate surface area is 176 Å². The summed E-state index contributed by atoms with van der Waals surface area (Å²) >= 11 is 1.63. The summed E-state index contributed by atoms with van der Waals surface area (Å²) in [5.74, 6) is 0.258. The van der Waals surface area contributed by atoms with Crippen LogP contribution in [0.4, 0.5) is 0 Å². The number of amides is 2. The second-order valence-electron chi connectivity index (χ2n) is 8.34. The molecule has 2 amide bonds. The lowest BCUT2D eigenvalue weighted by Crippen LogP contribution is -2.35. The Kier molecular flexibility index (Phi) is 5.76. The molecular formula is C22H30N4O2S. The van der Waals surface area contributed by atoms with Gasteiger partial charge in [0.1, 0.15) is 0 Å². The predicted octanol–water partition coefficient (Wildman–Crippen LogP) is 3.15. The SMILES string of the molecule is Cc1nn(C)c(C)c1CNC(=O)[C@@H]1CCc2sc(C(=O)N3CCCCC3)cc2C1. The fraction of sp³-hybridized carbons (Fsp3) is 0.591. The third kappa shape index (κ3) is 4.10. The molecule has 0 bridgehead atoms. The molecule has 1 N–H and O–H groups in total. The average molecular weight is 415 g/mol. The molecule has 7 heteroatoms. The quantitative estimate of drug-likeness (QED) is 0.836. The molecule has 1 saturated heterocycles. The van der Waals surface area contributed by atoms with Gasteiger partial charge in [0.25, 0.3) is 5.91 Å². The second-order valence-corrected chi connectivity index (χ2v) is 9.48. The predicted molar refractivity (Wildman–Crippen MR) is 114 cm³/mol. The lowest BCUT2D eigenvalue weighted by Gasteiger charge is -2.26. The van der Waals surface area contributed by atoms with Crippen molar-refractivity contribution < 1.29 is 9.59 Å². The van der Waals surface area contributed by atoms with Crippen molar-refractivity contribution in [1.82, 2.24) is 20.0 Å². The molecule has 0 aromatic carbocycles. The molecule has 0 spiro atoms. The highest BCUT2D eigenvalue weighted by Crippen LogP contribution is 2.33. The normalized spacial score (nSPS) is 19.1. The number of carbonyl (C=O) groups excluding carboxylic acids is 2. The van der Waals surface area contributed by atoms with Gasteiger partial charge in [-0.2, -0.15) is 5.10 Å². The average Bonchev–Trinajstić information content (AvgIpc) is 3.26. The molecule has 1 atom stereocenters. The molecule has 2 aromatic heterocycles. The highest BCUT2D eigenvalue weighted by atomic mass is 32.1. The minimum Gasteiger partial charge on any atom is -0.352 e. The van der Waals surface area contributed by atoms with Gasteiger partial charge in [-0.1, -0.05) is 0 Å². The number of hydrogen-bond donors (Lipinski definition) is 1. The smallest absolute Gasteiger partial charge is 0.263 e. The van der Waals surface area contributed by atoms with Crippen LogP contribution in [-0.4, -0.2) is 39.6 Å². The van der Waals surface area contributed by atoms with Crippen LogP contribution in [0.3, 0.4) is 0 Å². The summed E-state index contributed by atoms with van der Waals surface area (Å²) in [6, 6.07) is 2.05. The zero-order chi connectivity index (χ0) is 20.5. The number of likely N-dealkylation sites (tertiary alicyclic amines) is 1. The van der Waals surface area contributed by atoms with E-state index in [4.69, 9.17) is 0 Å². The fourth-order valence-electron chi connectivity index (χ4n) is 4.50. The van der Waals surface area contributed by atoms with Gasteiger partial charge in [-0.05, 0) is 64.0 Å². The van der Waals surface area contributed by atoms with Crippen LogP contribution in [0.15, 0.2) is 6.07 Å². The van der Waals surface area contributed by atoms with Crippen LogP contribution < -0.4 is 5.32 Å². The third-order valence-electron chi connectivity index (χ3n) is 6.41. The van der Waals surface area contributed by atoms with Gasteiger partial charge in [-0.15, -0.1) is 11.3 Å². The number of nitrogens with one attached hydrogen (secondary N) is 1. The van der Waals surface area contributed by atoms with Crippen molar-refractivity contribution in [3.8, 4) is 0 Å². The van der Waals surface area contributed by atoms with Gasteiger partial charge in [0.05, 0.1) is 10.6 Å². The molecule has 156 valence electrons. The van der Waals surface area contributed by atoms with Crippen molar-refractivity contribution in [1.29, 1.82) is 0 Å². The van der Waals surface area contributed by atoms with Crippen LogP contribution in [0, 0.1) is 19.8 Å². The maximum Gasteiger partial charge on any atom is 0.263 e. The van der Waals surface area contributed by atoms with E-state index >= 15 is 0 Å². The first-order chi connectivity index (χ1) is 13.9. The highest BCUT2D eigenvalue weighted by Gasteiger charge is 2.29. The van der Waals surface area contributed by atoms with Gasteiger partial charge in [-0.3, -0.25) is 14.3 Å². The van der Waals surface area contributed by atoms with Gasteiger partial charge in [0.15, 0.2) is 0 Å². The summed E-state index contributed by atoms with van der Waals surface area (Å²) in [5, 5.41) is 7.53. The Bertz CT molecular complexity index is 924. The first-order valence-corrected chi connectivity index (χ1v) is 11.4. The number of nitrogens with zero attached hydrogens (tertiary/aromatic N) is 3. The van der Waals surface area contributed by atoms with E-state index in [1.54, 1.807) is 11.3 Å². The molecule has 6 nitrogen and oxygen atoms in total. The number of carbonyl (C=O) groups is 2. The number of fused-ring (bicyclic) bond motifs is 1. The van der Waals surface area contributed by atoms with E-state index in [1.165, 1.54) is 16.9 Å².